The van der Waals surface area contributed by atoms with Crippen LogP contribution in [0.15, 0.2) is 47.3 Å². The van der Waals surface area contributed by atoms with Crippen molar-refractivity contribution in [3.8, 4) is 5.75 Å². The number of carbonyl (C=O) groups is 1. The van der Waals surface area contributed by atoms with Crippen molar-refractivity contribution in [1.82, 2.24) is 14.7 Å². The van der Waals surface area contributed by atoms with E-state index in [2.05, 4.69) is 10.00 Å². The van der Waals surface area contributed by atoms with Crippen molar-refractivity contribution >= 4 is 22.4 Å². The van der Waals surface area contributed by atoms with Crippen LogP contribution in [0.5, 0.6) is 5.75 Å². The quantitative estimate of drug-likeness (QED) is 0.601. The number of hydrogen-bond acceptors (Lipinski definition) is 5. The molecule has 2 aliphatic rings. The van der Waals surface area contributed by atoms with Gasteiger partial charge in [-0.1, -0.05) is 32.0 Å². The Hall–Kier alpha value is -3.42. The lowest BCUT2D eigenvalue weighted by Crippen LogP contribution is -2.49. The van der Waals surface area contributed by atoms with E-state index in [1.165, 1.54) is 23.9 Å². The molecule has 0 unspecified atom stereocenters. The molecule has 1 saturated carbocycles. The van der Waals surface area contributed by atoms with E-state index in [4.69, 9.17) is 4.74 Å². The number of fused-ring (bicyclic) bond motifs is 1. The van der Waals surface area contributed by atoms with Gasteiger partial charge < -0.3 is 14.5 Å². The molecule has 0 atom stereocenters. The summed E-state index contributed by atoms with van der Waals surface area (Å²) in [6.07, 6.45) is 1.83. The Balaban J connectivity index is 0.00000126. The summed E-state index contributed by atoms with van der Waals surface area (Å²) in [5.41, 5.74) is 1.000. The van der Waals surface area contributed by atoms with Crippen LogP contribution in [-0.2, 0) is 0 Å². The average Bonchev–Trinajstić information content (AvgIpc) is 3.71. The molecule has 0 spiro atoms. The lowest BCUT2D eigenvalue weighted by Gasteiger charge is -2.36. The molecule has 174 valence electrons. The van der Waals surface area contributed by atoms with Crippen molar-refractivity contribution in [2.75, 3.05) is 38.2 Å². The third-order valence-corrected chi connectivity index (χ3v) is 5.97. The van der Waals surface area contributed by atoms with Crippen LogP contribution in [0, 0.1) is 5.82 Å². The van der Waals surface area contributed by atoms with Gasteiger partial charge in [-0.15, -0.1) is 0 Å². The molecular formula is C25H29FN4O3. The number of nitrogens with zero attached hydrogens (tertiary/aromatic N) is 4. The Morgan fingerprint density at radius 2 is 1.70 bits per heavy atom. The lowest BCUT2D eigenvalue weighted by molar-refractivity contribution is 0.0740. The number of aromatic nitrogens is 2. The Bertz CT molecular complexity index is 1210. The van der Waals surface area contributed by atoms with Crippen molar-refractivity contribution in [3.63, 3.8) is 0 Å². The molecule has 2 heterocycles. The fraction of sp³-hybridized carbons (Fsp3) is 0.400. The zero-order valence-corrected chi connectivity index (χ0v) is 19.3. The molecule has 0 N–H and O–H groups in total. The molecule has 8 heteroatoms. The highest BCUT2D eigenvalue weighted by Gasteiger charge is 2.31. The number of benzene rings is 2. The van der Waals surface area contributed by atoms with Crippen molar-refractivity contribution in [1.29, 1.82) is 0 Å². The molecule has 0 radical (unpaired) electrons. The maximum Gasteiger partial charge on any atom is 0.275 e. The zero-order valence-electron chi connectivity index (χ0n) is 19.3. The minimum atomic E-state index is -0.349. The normalized spacial score (nSPS) is 15.8. The third-order valence-electron chi connectivity index (χ3n) is 5.97. The van der Waals surface area contributed by atoms with Gasteiger partial charge in [0.15, 0.2) is 5.69 Å². The molecule has 1 amide bonds. The molecule has 33 heavy (non-hydrogen) atoms. The van der Waals surface area contributed by atoms with Crippen LogP contribution in [0.4, 0.5) is 10.1 Å². The van der Waals surface area contributed by atoms with Crippen molar-refractivity contribution in [3.05, 3.63) is 64.3 Å². The van der Waals surface area contributed by atoms with E-state index in [-0.39, 0.29) is 23.3 Å². The highest BCUT2D eigenvalue weighted by atomic mass is 19.1. The number of ether oxygens (including phenoxy) is 1. The van der Waals surface area contributed by atoms with Gasteiger partial charge in [-0.2, -0.15) is 5.10 Å². The molecule has 1 aliphatic heterocycles. The second-order valence-corrected chi connectivity index (χ2v) is 7.97. The molecule has 5 rings (SSSR count). The van der Waals surface area contributed by atoms with Crippen molar-refractivity contribution in [2.24, 2.45) is 0 Å². The van der Waals surface area contributed by atoms with Crippen LogP contribution in [0.1, 0.15) is 43.2 Å². The smallest absolute Gasteiger partial charge is 0.275 e. The van der Waals surface area contributed by atoms with Gasteiger partial charge in [0.1, 0.15) is 11.6 Å². The molecular weight excluding hydrogens is 423 g/mol. The van der Waals surface area contributed by atoms with Crippen LogP contribution in [-0.4, -0.2) is 53.9 Å². The monoisotopic (exact) mass is 452 g/mol. The van der Waals surface area contributed by atoms with Gasteiger partial charge in [0.25, 0.3) is 11.5 Å². The van der Waals surface area contributed by atoms with Crippen LogP contribution < -0.4 is 15.2 Å². The Labute approximate surface area is 192 Å². The fourth-order valence-corrected chi connectivity index (χ4v) is 4.14. The molecule has 1 aromatic heterocycles. The summed E-state index contributed by atoms with van der Waals surface area (Å²) in [7, 11) is 1.52. The first-order valence-corrected chi connectivity index (χ1v) is 11.5. The number of hydrogen-bond donors (Lipinski definition) is 0. The fourth-order valence-electron chi connectivity index (χ4n) is 4.14. The third kappa shape index (κ3) is 4.42. The first kappa shape index (κ1) is 22.8. The average molecular weight is 453 g/mol. The number of halogens is 1. The second-order valence-electron chi connectivity index (χ2n) is 7.97. The summed E-state index contributed by atoms with van der Waals surface area (Å²) >= 11 is 0. The van der Waals surface area contributed by atoms with E-state index in [0.29, 0.717) is 48.4 Å². The Kier molecular flexibility index (Phi) is 6.62. The van der Waals surface area contributed by atoms with Gasteiger partial charge >= 0.3 is 0 Å². The van der Waals surface area contributed by atoms with Gasteiger partial charge in [-0.05, 0) is 31.0 Å². The van der Waals surface area contributed by atoms with E-state index < -0.39 is 0 Å². The number of carbonyl (C=O) groups excluding carboxylic acids is 1. The van der Waals surface area contributed by atoms with Crippen LogP contribution in [0.2, 0.25) is 0 Å². The van der Waals surface area contributed by atoms with E-state index in [1.54, 1.807) is 23.1 Å². The topological polar surface area (TPSA) is 67.7 Å². The van der Waals surface area contributed by atoms with Gasteiger partial charge in [-0.3, -0.25) is 9.59 Å². The summed E-state index contributed by atoms with van der Waals surface area (Å²) in [5, 5.41) is 5.61. The second kappa shape index (κ2) is 9.60. The molecule has 3 aromatic rings. The molecule has 1 aliphatic carbocycles. The minimum absolute atomic E-state index is 0.0893. The zero-order chi connectivity index (χ0) is 23.5. The number of rotatable bonds is 4. The summed E-state index contributed by atoms with van der Waals surface area (Å²) in [6.45, 7) is 6.18. The number of piperazine rings is 1. The van der Waals surface area contributed by atoms with Gasteiger partial charge in [0.2, 0.25) is 0 Å². The number of amides is 1. The Morgan fingerprint density at radius 3 is 2.33 bits per heavy atom. The van der Waals surface area contributed by atoms with Gasteiger partial charge in [0, 0.05) is 37.6 Å². The van der Waals surface area contributed by atoms with Gasteiger partial charge in [-0.25, -0.2) is 9.07 Å². The standard InChI is InChI=1S/C23H23FN4O3.C2H6/c1-31-20-14-15(24)6-9-19(20)26-10-12-27(13-11-26)23(30)21-17-4-2-3-5-18(17)22(29)28(25-21)16-7-8-16;1-2/h2-6,9,14,16H,7-8,10-13H2,1H3;1-2H3. The van der Waals surface area contributed by atoms with Crippen LogP contribution in [0.3, 0.4) is 0 Å². The van der Waals surface area contributed by atoms with E-state index in [1.807, 2.05) is 26.0 Å². The SMILES string of the molecule is CC.COc1cc(F)ccc1N1CCN(C(=O)c2nn(C3CC3)c(=O)c3ccccc23)CC1. The number of anilines is 1. The maximum atomic E-state index is 13.5. The lowest BCUT2D eigenvalue weighted by atomic mass is 10.1. The molecule has 7 nitrogen and oxygen atoms in total. The largest absolute Gasteiger partial charge is 0.494 e. The Morgan fingerprint density at radius 1 is 1.03 bits per heavy atom. The first-order chi connectivity index (χ1) is 16.1. The molecule has 2 aromatic carbocycles. The van der Waals surface area contributed by atoms with Crippen LogP contribution in [0.25, 0.3) is 10.8 Å². The van der Waals surface area contributed by atoms with Crippen molar-refractivity contribution in [2.45, 2.75) is 32.7 Å². The highest BCUT2D eigenvalue weighted by Crippen LogP contribution is 2.34. The molecule has 0 bridgehead atoms. The van der Waals surface area contributed by atoms with E-state index in [9.17, 15) is 14.0 Å². The predicted molar refractivity (Wildman–Crippen MR) is 127 cm³/mol. The van der Waals surface area contributed by atoms with E-state index in [0.717, 1.165) is 18.5 Å². The van der Waals surface area contributed by atoms with Gasteiger partial charge in [0.05, 0.1) is 24.2 Å². The molecule has 1 saturated heterocycles. The number of methoxy groups -OCH3 is 1. The highest BCUT2D eigenvalue weighted by molar-refractivity contribution is 6.04. The minimum Gasteiger partial charge on any atom is -0.494 e. The van der Waals surface area contributed by atoms with Crippen LogP contribution >= 0.6 is 0 Å². The summed E-state index contributed by atoms with van der Waals surface area (Å²) < 4.78 is 20.3. The summed E-state index contributed by atoms with van der Waals surface area (Å²) in [4.78, 5) is 30.0. The van der Waals surface area contributed by atoms with Crippen molar-refractivity contribution < 1.29 is 13.9 Å². The molecule has 2 fully saturated rings. The summed E-state index contributed by atoms with van der Waals surface area (Å²) in [6, 6.07) is 11.7. The predicted octanol–water partition coefficient (Wildman–Crippen LogP) is 3.87. The van der Waals surface area contributed by atoms with E-state index >= 15 is 0 Å². The summed E-state index contributed by atoms with van der Waals surface area (Å²) in [5.74, 6) is -0.0431. The maximum absolute atomic E-state index is 13.5. The first-order valence-electron chi connectivity index (χ1n) is 11.5.